The molecule has 1 atom stereocenters. The molecule has 2 aromatic carbocycles. The first-order chi connectivity index (χ1) is 19.5. The highest BCUT2D eigenvalue weighted by Gasteiger charge is 2.39. The third-order valence-corrected chi connectivity index (χ3v) is 6.30. The molecule has 16 heteroatoms. The molecule has 3 aromatic heterocycles. The molecule has 0 aliphatic carbocycles. The van der Waals surface area contributed by atoms with E-state index in [4.69, 9.17) is 11.6 Å². The van der Waals surface area contributed by atoms with E-state index in [0.29, 0.717) is 22.1 Å². The van der Waals surface area contributed by atoms with Crippen molar-refractivity contribution in [1.29, 1.82) is 0 Å². The number of aliphatic hydroxyl groups excluding tert-OH is 1. The van der Waals surface area contributed by atoms with Crippen LogP contribution in [0.15, 0.2) is 71.9 Å². The summed E-state index contributed by atoms with van der Waals surface area (Å²) in [5.41, 5.74) is 0.0636. The van der Waals surface area contributed by atoms with Crippen LogP contribution in [0.3, 0.4) is 0 Å². The molecule has 0 spiro atoms. The average molecular weight is 588 g/mol. The molecule has 0 aliphatic rings. The minimum atomic E-state index is -4.95. The quantitative estimate of drug-likeness (QED) is 0.285. The number of alkyl halides is 3. The lowest BCUT2D eigenvalue weighted by atomic mass is 10.1. The number of aryl methyl sites for hydroxylation is 1. The standard InChI is InChI=1S/C25H21ClF3N9O3/c1-35-21(10-11-31-35)32-23(40)17-4-2-3-5-18(17)38-14-30-20(33-38)13-37-24(41)36(12-19(39)25(27,28)29)22(34-37)15-6-8-16(26)9-7-15/h2-11,14,19,39H,12-13H2,1H3,(H,32,40)/t19-/m0/s1. The number of hydrogen-bond donors (Lipinski definition) is 2. The zero-order valence-corrected chi connectivity index (χ0v) is 22.0. The van der Waals surface area contributed by atoms with Crippen molar-refractivity contribution in [3.05, 3.63) is 94.0 Å². The molecule has 3 heterocycles. The van der Waals surface area contributed by atoms with Crippen molar-refractivity contribution in [3.8, 4) is 17.1 Å². The van der Waals surface area contributed by atoms with Crippen molar-refractivity contribution >= 4 is 23.3 Å². The summed E-state index contributed by atoms with van der Waals surface area (Å²) in [4.78, 5) is 30.3. The third kappa shape index (κ3) is 5.90. The number of rotatable bonds is 8. The van der Waals surface area contributed by atoms with E-state index in [2.05, 4.69) is 25.6 Å². The van der Waals surface area contributed by atoms with E-state index in [1.165, 1.54) is 46.2 Å². The van der Waals surface area contributed by atoms with Crippen molar-refractivity contribution in [2.24, 2.45) is 7.05 Å². The summed E-state index contributed by atoms with van der Waals surface area (Å²) < 4.78 is 43.8. The summed E-state index contributed by atoms with van der Waals surface area (Å²) in [5.74, 6) is 0.0439. The summed E-state index contributed by atoms with van der Waals surface area (Å²) >= 11 is 5.92. The number of aliphatic hydroxyl groups is 1. The van der Waals surface area contributed by atoms with Crippen LogP contribution < -0.4 is 11.0 Å². The number of para-hydroxylation sites is 1. The molecule has 5 aromatic rings. The molecule has 12 nitrogen and oxygen atoms in total. The van der Waals surface area contributed by atoms with Crippen molar-refractivity contribution in [2.75, 3.05) is 5.32 Å². The van der Waals surface area contributed by atoms with Crippen LogP contribution in [0, 0.1) is 0 Å². The maximum absolute atomic E-state index is 13.1. The lowest BCUT2D eigenvalue weighted by Crippen LogP contribution is -2.37. The van der Waals surface area contributed by atoms with Gasteiger partial charge in [-0.2, -0.15) is 18.3 Å². The molecule has 0 saturated carbocycles. The van der Waals surface area contributed by atoms with Gasteiger partial charge in [-0.3, -0.25) is 14.0 Å². The maximum Gasteiger partial charge on any atom is 0.416 e. The molecule has 0 saturated heterocycles. The van der Waals surface area contributed by atoms with Gasteiger partial charge >= 0.3 is 11.9 Å². The molecule has 0 radical (unpaired) electrons. The number of nitrogens with zero attached hydrogens (tertiary/aromatic N) is 8. The number of benzene rings is 2. The summed E-state index contributed by atoms with van der Waals surface area (Å²) in [6.45, 7) is -1.37. The maximum atomic E-state index is 13.1. The molecule has 1 amide bonds. The van der Waals surface area contributed by atoms with E-state index in [1.807, 2.05) is 0 Å². The molecule has 212 valence electrons. The zero-order valence-electron chi connectivity index (χ0n) is 21.2. The second-order valence-electron chi connectivity index (χ2n) is 8.86. The van der Waals surface area contributed by atoms with E-state index in [9.17, 15) is 27.9 Å². The zero-order chi connectivity index (χ0) is 29.3. The van der Waals surface area contributed by atoms with E-state index >= 15 is 0 Å². The van der Waals surface area contributed by atoms with Gasteiger partial charge in [0.15, 0.2) is 17.8 Å². The predicted molar refractivity (Wildman–Crippen MR) is 141 cm³/mol. The van der Waals surface area contributed by atoms with E-state index in [-0.39, 0.29) is 23.8 Å². The Labute approximate surface area is 234 Å². The van der Waals surface area contributed by atoms with Gasteiger partial charge in [0.2, 0.25) is 0 Å². The first-order valence-corrected chi connectivity index (χ1v) is 12.4. The lowest BCUT2D eigenvalue weighted by Gasteiger charge is -2.15. The van der Waals surface area contributed by atoms with Gasteiger partial charge in [0, 0.05) is 23.7 Å². The first-order valence-electron chi connectivity index (χ1n) is 12.0. The van der Waals surface area contributed by atoms with Crippen LogP contribution in [0.25, 0.3) is 17.1 Å². The van der Waals surface area contributed by atoms with Gasteiger partial charge in [0.1, 0.15) is 18.7 Å². The Hall–Kier alpha value is -4.76. The molecule has 0 fully saturated rings. The van der Waals surface area contributed by atoms with Crippen molar-refractivity contribution in [3.63, 3.8) is 0 Å². The van der Waals surface area contributed by atoms with Crippen LogP contribution in [-0.4, -0.2) is 62.2 Å². The molecular weight excluding hydrogens is 567 g/mol. The number of anilines is 1. The number of nitrogens with one attached hydrogen (secondary N) is 1. The van der Waals surface area contributed by atoms with E-state index < -0.39 is 30.4 Å². The van der Waals surface area contributed by atoms with Gasteiger partial charge in [-0.15, -0.1) is 10.2 Å². The van der Waals surface area contributed by atoms with Crippen LogP contribution in [0.5, 0.6) is 0 Å². The largest absolute Gasteiger partial charge is 0.416 e. The highest BCUT2D eigenvalue weighted by Crippen LogP contribution is 2.24. The fourth-order valence-corrected chi connectivity index (χ4v) is 4.09. The van der Waals surface area contributed by atoms with Gasteiger partial charge in [0.05, 0.1) is 24.0 Å². The molecule has 2 N–H and O–H groups in total. The Kier molecular flexibility index (Phi) is 7.47. The molecular formula is C25H21ClF3N9O3. The normalized spacial score (nSPS) is 12.4. The van der Waals surface area contributed by atoms with Gasteiger partial charge in [0.25, 0.3) is 5.91 Å². The lowest BCUT2D eigenvalue weighted by molar-refractivity contribution is -0.207. The molecule has 0 aliphatic heterocycles. The van der Waals surface area contributed by atoms with E-state index in [0.717, 1.165) is 9.25 Å². The second kappa shape index (κ2) is 11.0. The van der Waals surface area contributed by atoms with Gasteiger partial charge in [-0.1, -0.05) is 23.7 Å². The highest BCUT2D eigenvalue weighted by atomic mass is 35.5. The van der Waals surface area contributed by atoms with Crippen LogP contribution in [-0.2, 0) is 20.1 Å². The Morgan fingerprint density at radius 2 is 1.83 bits per heavy atom. The summed E-state index contributed by atoms with van der Waals surface area (Å²) in [7, 11) is 1.68. The van der Waals surface area contributed by atoms with E-state index in [1.54, 1.807) is 37.4 Å². The molecule has 0 unspecified atom stereocenters. The number of aromatic nitrogens is 8. The molecule has 5 rings (SSSR count). The Balaban J connectivity index is 1.45. The first kappa shape index (κ1) is 27.8. The number of carbonyl (C=O) groups is 1. The number of carbonyl (C=O) groups excluding carboxylic acids is 1. The average Bonchev–Trinajstić information content (AvgIpc) is 3.65. The smallest absolute Gasteiger partial charge is 0.382 e. The second-order valence-corrected chi connectivity index (χ2v) is 9.29. The Morgan fingerprint density at radius 3 is 2.51 bits per heavy atom. The van der Waals surface area contributed by atoms with Crippen molar-refractivity contribution in [2.45, 2.75) is 25.4 Å². The minimum absolute atomic E-state index is 0.0950. The summed E-state index contributed by atoms with van der Waals surface area (Å²) in [6.07, 6.45) is -4.87. The molecule has 0 bridgehead atoms. The number of halogens is 4. The van der Waals surface area contributed by atoms with Gasteiger partial charge < -0.3 is 10.4 Å². The topological polar surface area (TPSA) is 138 Å². The minimum Gasteiger partial charge on any atom is -0.382 e. The van der Waals surface area contributed by atoms with Crippen LogP contribution in [0.1, 0.15) is 16.2 Å². The number of amides is 1. The third-order valence-electron chi connectivity index (χ3n) is 6.05. The van der Waals surface area contributed by atoms with Crippen LogP contribution >= 0.6 is 11.6 Å². The Morgan fingerprint density at radius 1 is 1.10 bits per heavy atom. The van der Waals surface area contributed by atoms with Gasteiger partial charge in [-0.25, -0.2) is 19.1 Å². The summed E-state index contributed by atoms with van der Waals surface area (Å²) in [5, 5.41) is 25.4. The fraction of sp³-hybridized carbons (Fsp3) is 0.200. The SMILES string of the molecule is Cn1nccc1NC(=O)c1ccccc1-n1cnc(Cn2nc(-c3ccc(Cl)cc3)n(C[C@H](O)C(F)(F)F)c2=O)n1. The van der Waals surface area contributed by atoms with Crippen LogP contribution in [0.2, 0.25) is 5.02 Å². The predicted octanol–water partition coefficient (Wildman–Crippen LogP) is 2.90. The highest BCUT2D eigenvalue weighted by molar-refractivity contribution is 6.30. The summed E-state index contributed by atoms with van der Waals surface area (Å²) in [6, 6.07) is 14.2. The van der Waals surface area contributed by atoms with Crippen molar-refractivity contribution < 1.29 is 23.1 Å². The van der Waals surface area contributed by atoms with Crippen LogP contribution in [0.4, 0.5) is 19.0 Å². The molecule has 41 heavy (non-hydrogen) atoms. The van der Waals surface area contributed by atoms with Gasteiger partial charge in [-0.05, 0) is 36.4 Å². The van der Waals surface area contributed by atoms with Crippen molar-refractivity contribution in [1.82, 2.24) is 38.9 Å². The Bertz CT molecular complexity index is 1760. The number of hydrogen-bond acceptors (Lipinski definition) is 7. The monoisotopic (exact) mass is 587 g/mol. The fourth-order valence-electron chi connectivity index (χ4n) is 3.96.